The molecule has 2 heterocycles. The number of anilines is 1. The fourth-order valence-corrected chi connectivity index (χ4v) is 3.72. The number of carbonyl (C=O) groups is 2. The average Bonchev–Trinajstić information content (AvgIpc) is 3.28. The maximum Gasteiger partial charge on any atom is 0.275 e. The summed E-state index contributed by atoms with van der Waals surface area (Å²) in [5.41, 5.74) is 2.60. The number of imidazole rings is 1. The molecule has 1 aromatic carbocycles. The second-order valence-corrected chi connectivity index (χ2v) is 7.31. The normalized spacial score (nSPS) is 11.1. The van der Waals surface area contributed by atoms with Crippen LogP contribution in [0.25, 0.3) is 4.96 Å². The smallest absolute Gasteiger partial charge is 0.275 e. The quantitative estimate of drug-likeness (QED) is 0.610. The highest BCUT2D eigenvalue weighted by Crippen LogP contribution is 2.17. The van der Waals surface area contributed by atoms with E-state index in [0.29, 0.717) is 23.5 Å². The Labute approximate surface area is 168 Å². The second-order valence-electron chi connectivity index (χ2n) is 6.47. The number of likely N-dealkylation sites (N-methyl/N-ethyl adjacent to an activating group) is 1. The van der Waals surface area contributed by atoms with Gasteiger partial charge in [-0.1, -0.05) is 13.8 Å². The van der Waals surface area contributed by atoms with Crippen LogP contribution in [-0.2, 0) is 0 Å². The Morgan fingerprint density at radius 1 is 1.14 bits per heavy atom. The fourth-order valence-electron chi connectivity index (χ4n) is 2.87. The molecule has 0 aliphatic carbocycles. The van der Waals surface area contributed by atoms with Crippen LogP contribution in [0, 0.1) is 6.92 Å². The molecule has 3 rings (SSSR count). The van der Waals surface area contributed by atoms with Crippen molar-refractivity contribution in [3.63, 3.8) is 0 Å². The number of rotatable bonds is 8. The summed E-state index contributed by atoms with van der Waals surface area (Å²) >= 11 is 1.50. The zero-order valence-corrected chi connectivity index (χ0v) is 17.2. The number of hydrogen-bond donors (Lipinski definition) is 2. The number of aromatic nitrogens is 2. The molecule has 0 aliphatic rings. The van der Waals surface area contributed by atoms with Crippen molar-refractivity contribution >= 4 is 33.8 Å². The number of carbonyl (C=O) groups excluding carboxylic acids is 2. The third kappa shape index (κ3) is 4.58. The first-order valence-electron chi connectivity index (χ1n) is 9.37. The van der Waals surface area contributed by atoms with Crippen LogP contribution >= 0.6 is 11.3 Å². The van der Waals surface area contributed by atoms with Crippen LogP contribution in [-0.4, -0.2) is 52.3 Å². The van der Waals surface area contributed by atoms with Gasteiger partial charge < -0.3 is 15.5 Å². The molecule has 0 atom stereocenters. The largest absolute Gasteiger partial charge is 0.351 e. The first-order valence-corrected chi connectivity index (χ1v) is 10.2. The predicted molar refractivity (Wildman–Crippen MR) is 112 cm³/mol. The van der Waals surface area contributed by atoms with E-state index >= 15 is 0 Å². The molecule has 2 N–H and O–H groups in total. The van der Waals surface area contributed by atoms with Crippen LogP contribution in [0.15, 0.2) is 35.8 Å². The summed E-state index contributed by atoms with van der Waals surface area (Å²) in [5.74, 6) is -0.387. The van der Waals surface area contributed by atoms with Crippen molar-refractivity contribution in [1.82, 2.24) is 19.6 Å². The number of hydrogen-bond acceptors (Lipinski definition) is 5. The molecular weight excluding hydrogens is 374 g/mol. The van der Waals surface area contributed by atoms with Gasteiger partial charge in [-0.3, -0.25) is 14.0 Å². The molecule has 0 bridgehead atoms. The summed E-state index contributed by atoms with van der Waals surface area (Å²) in [5, 5.41) is 7.74. The van der Waals surface area contributed by atoms with E-state index in [2.05, 4.69) is 34.4 Å². The molecule has 0 spiro atoms. The molecule has 148 valence electrons. The van der Waals surface area contributed by atoms with E-state index in [-0.39, 0.29) is 11.8 Å². The highest BCUT2D eigenvalue weighted by Gasteiger charge is 2.13. The standard InChI is InChI=1S/C20H25N5O2S/c1-4-24(5-2)11-10-21-18(26)15-6-8-16(9-7-15)22-19(27)17-12-25-14(3)13-28-20(25)23-17/h6-9,12-13H,4-5,10-11H2,1-3H3,(H,21,26)(H,22,27). The van der Waals surface area contributed by atoms with Crippen LogP contribution in [0.4, 0.5) is 5.69 Å². The van der Waals surface area contributed by atoms with Crippen molar-refractivity contribution in [3.05, 3.63) is 52.8 Å². The molecule has 3 aromatic rings. The van der Waals surface area contributed by atoms with Gasteiger partial charge in [-0.25, -0.2) is 4.98 Å². The number of thiazole rings is 1. The van der Waals surface area contributed by atoms with Gasteiger partial charge in [0.25, 0.3) is 11.8 Å². The summed E-state index contributed by atoms with van der Waals surface area (Å²) in [6, 6.07) is 6.86. The lowest BCUT2D eigenvalue weighted by molar-refractivity contribution is 0.0948. The Morgan fingerprint density at radius 2 is 1.86 bits per heavy atom. The van der Waals surface area contributed by atoms with Gasteiger partial charge in [-0.05, 0) is 44.3 Å². The Bertz CT molecular complexity index is 957. The zero-order chi connectivity index (χ0) is 20.1. The fraction of sp³-hybridized carbons (Fsp3) is 0.350. The minimum absolute atomic E-state index is 0.116. The number of aryl methyl sites for hydroxylation is 1. The summed E-state index contributed by atoms with van der Waals surface area (Å²) in [7, 11) is 0. The van der Waals surface area contributed by atoms with Gasteiger partial charge in [0.2, 0.25) is 0 Å². The maximum absolute atomic E-state index is 12.4. The summed E-state index contributed by atoms with van der Waals surface area (Å²) in [6.07, 6.45) is 1.73. The van der Waals surface area contributed by atoms with Crippen molar-refractivity contribution in [2.24, 2.45) is 0 Å². The molecule has 0 saturated carbocycles. The Balaban J connectivity index is 1.56. The van der Waals surface area contributed by atoms with Gasteiger partial charge in [0.15, 0.2) is 4.96 Å². The third-order valence-corrected chi connectivity index (χ3v) is 5.59. The molecule has 0 unspecified atom stereocenters. The van der Waals surface area contributed by atoms with E-state index < -0.39 is 0 Å². The van der Waals surface area contributed by atoms with E-state index in [0.717, 1.165) is 30.3 Å². The SMILES string of the molecule is CCN(CC)CCNC(=O)c1ccc(NC(=O)c2cn3c(C)csc3n2)cc1. The van der Waals surface area contributed by atoms with Gasteiger partial charge in [-0.2, -0.15) is 0 Å². The van der Waals surface area contributed by atoms with Crippen molar-refractivity contribution in [3.8, 4) is 0 Å². The highest BCUT2D eigenvalue weighted by atomic mass is 32.1. The molecule has 28 heavy (non-hydrogen) atoms. The van der Waals surface area contributed by atoms with Gasteiger partial charge in [0.1, 0.15) is 5.69 Å². The lowest BCUT2D eigenvalue weighted by Gasteiger charge is -2.17. The van der Waals surface area contributed by atoms with Crippen LogP contribution < -0.4 is 10.6 Å². The minimum atomic E-state index is -0.272. The molecule has 2 aromatic heterocycles. The summed E-state index contributed by atoms with van der Waals surface area (Å²) in [4.78, 5) is 32.0. The van der Waals surface area contributed by atoms with Crippen molar-refractivity contribution in [1.29, 1.82) is 0 Å². The Kier molecular flexibility index (Phi) is 6.43. The van der Waals surface area contributed by atoms with Crippen LogP contribution in [0.3, 0.4) is 0 Å². The summed E-state index contributed by atoms with van der Waals surface area (Å²) in [6.45, 7) is 9.55. The molecule has 8 heteroatoms. The Hall–Kier alpha value is -2.71. The van der Waals surface area contributed by atoms with E-state index in [4.69, 9.17) is 0 Å². The van der Waals surface area contributed by atoms with Crippen molar-refractivity contribution < 1.29 is 9.59 Å². The number of nitrogens with zero attached hydrogens (tertiary/aromatic N) is 3. The average molecular weight is 400 g/mol. The highest BCUT2D eigenvalue weighted by molar-refractivity contribution is 7.15. The first kappa shape index (κ1) is 20.0. The minimum Gasteiger partial charge on any atom is -0.351 e. The van der Waals surface area contributed by atoms with Gasteiger partial charge in [0.05, 0.1) is 0 Å². The second kappa shape index (κ2) is 8.99. The van der Waals surface area contributed by atoms with Crippen molar-refractivity contribution in [2.45, 2.75) is 20.8 Å². The third-order valence-electron chi connectivity index (χ3n) is 4.63. The maximum atomic E-state index is 12.4. The summed E-state index contributed by atoms with van der Waals surface area (Å²) < 4.78 is 1.89. The van der Waals surface area contributed by atoms with Crippen LogP contribution in [0.1, 0.15) is 40.4 Å². The zero-order valence-electron chi connectivity index (χ0n) is 16.4. The molecule has 0 aliphatic heterocycles. The number of nitrogens with one attached hydrogen (secondary N) is 2. The first-order chi connectivity index (χ1) is 13.5. The molecule has 0 saturated heterocycles. The van der Waals surface area contributed by atoms with Gasteiger partial charge in [-0.15, -0.1) is 11.3 Å². The lowest BCUT2D eigenvalue weighted by atomic mass is 10.2. The number of benzene rings is 1. The Morgan fingerprint density at radius 3 is 2.50 bits per heavy atom. The molecule has 0 fully saturated rings. The molecular formula is C20H25N5O2S. The van der Waals surface area contributed by atoms with E-state index in [1.807, 2.05) is 16.7 Å². The van der Waals surface area contributed by atoms with Crippen LogP contribution in [0.2, 0.25) is 0 Å². The monoisotopic (exact) mass is 399 g/mol. The van der Waals surface area contributed by atoms with E-state index in [1.54, 1.807) is 30.5 Å². The van der Waals surface area contributed by atoms with E-state index in [9.17, 15) is 9.59 Å². The topological polar surface area (TPSA) is 78.7 Å². The number of amides is 2. The lowest BCUT2D eigenvalue weighted by Crippen LogP contribution is -2.34. The van der Waals surface area contributed by atoms with Gasteiger partial charge >= 0.3 is 0 Å². The van der Waals surface area contributed by atoms with E-state index in [1.165, 1.54) is 11.3 Å². The predicted octanol–water partition coefficient (Wildman–Crippen LogP) is 3.03. The molecule has 0 radical (unpaired) electrons. The van der Waals surface area contributed by atoms with Crippen molar-refractivity contribution in [2.75, 3.05) is 31.5 Å². The van der Waals surface area contributed by atoms with Gasteiger partial charge in [0, 0.05) is 41.6 Å². The van der Waals surface area contributed by atoms with Crippen LogP contribution in [0.5, 0.6) is 0 Å². The molecule has 7 nitrogen and oxygen atoms in total. The molecule has 2 amide bonds. The number of fused-ring (bicyclic) bond motifs is 1.